The molecule has 0 saturated carbocycles. The van der Waals surface area contributed by atoms with E-state index in [2.05, 4.69) is 22.8 Å². The smallest absolute Gasteiger partial charge is 0.259 e. The van der Waals surface area contributed by atoms with Crippen LogP contribution in [0.4, 0.5) is 0 Å². The number of carbonyl (C=O) groups is 2. The lowest BCUT2D eigenvalue weighted by molar-refractivity contribution is -0.126. The van der Waals surface area contributed by atoms with Gasteiger partial charge in [0.05, 0.1) is 12.8 Å². The Kier molecular flexibility index (Phi) is 13.0. The van der Waals surface area contributed by atoms with Crippen molar-refractivity contribution in [3.63, 3.8) is 0 Å². The quantitative estimate of drug-likeness (QED) is 0.270. The number of carbonyl (C=O) groups excluding carboxylic acids is 2. The third-order valence-electron chi connectivity index (χ3n) is 4.25. The molecule has 0 heterocycles. The zero-order valence-electron chi connectivity index (χ0n) is 16.3. The second-order valence-electron chi connectivity index (χ2n) is 6.67. The van der Waals surface area contributed by atoms with E-state index in [1.807, 2.05) is 12.1 Å². The number of rotatable bonds is 14. The van der Waals surface area contributed by atoms with Crippen LogP contribution in [0.5, 0.6) is 0 Å². The molecule has 0 atom stereocenters. The fourth-order valence-corrected chi connectivity index (χ4v) is 2.84. The Hall–Kier alpha value is -1.88. The van der Waals surface area contributed by atoms with Gasteiger partial charge in [0.2, 0.25) is 5.91 Å². The van der Waals surface area contributed by atoms with Gasteiger partial charge >= 0.3 is 0 Å². The van der Waals surface area contributed by atoms with Crippen molar-refractivity contribution in [3.8, 4) is 0 Å². The number of hydrogen-bond donors (Lipinski definition) is 2. The van der Waals surface area contributed by atoms with Gasteiger partial charge < -0.3 is 5.32 Å². The molecular formula is C21H32ClN3O2. The molecule has 2 N–H and O–H groups in total. The topological polar surface area (TPSA) is 70.6 Å². The van der Waals surface area contributed by atoms with Gasteiger partial charge in [-0.1, -0.05) is 88.1 Å². The number of hydrogen-bond acceptors (Lipinski definition) is 3. The minimum absolute atomic E-state index is 0.0733. The second-order valence-corrected chi connectivity index (χ2v) is 7.08. The molecule has 1 rings (SSSR count). The minimum atomic E-state index is -0.362. The molecule has 0 unspecified atom stereocenters. The molecule has 5 nitrogen and oxygen atoms in total. The summed E-state index contributed by atoms with van der Waals surface area (Å²) in [4.78, 5) is 23.4. The number of nitrogens with zero attached hydrogens (tertiary/aromatic N) is 1. The Labute approximate surface area is 167 Å². The number of nitrogens with one attached hydrogen (secondary N) is 2. The van der Waals surface area contributed by atoms with E-state index in [1.165, 1.54) is 51.2 Å². The van der Waals surface area contributed by atoms with Gasteiger partial charge in [0.25, 0.3) is 5.91 Å². The summed E-state index contributed by atoms with van der Waals surface area (Å²) in [5.41, 5.74) is 3.09. The Morgan fingerprint density at radius 2 is 1.59 bits per heavy atom. The maximum atomic E-state index is 11.7. The van der Waals surface area contributed by atoms with Gasteiger partial charge in [-0.2, -0.15) is 5.10 Å². The summed E-state index contributed by atoms with van der Waals surface area (Å²) < 4.78 is 0. The maximum Gasteiger partial charge on any atom is 0.259 e. The van der Waals surface area contributed by atoms with Crippen molar-refractivity contribution in [3.05, 3.63) is 34.9 Å². The molecule has 0 bridgehead atoms. The van der Waals surface area contributed by atoms with Crippen LogP contribution in [0.25, 0.3) is 0 Å². The van der Waals surface area contributed by atoms with Crippen molar-refractivity contribution in [1.29, 1.82) is 0 Å². The highest BCUT2D eigenvalue weighted by atomic mass is 35.5. The van der Waals surface area contributed by atoms with Crippen molar-refractivity contribution in [2.24, 2.45) is 5.10 Å². The summed E-state index contributed by atoms with van der Waals surface area (Å²) in [6.07, 6.45) is 12.9. The van der Waals surface area contributed by atoms with Crippen LogP contribution in [0.15, 0.2) is 29.4 Å². The highest BCUT2D eigenvalue weighted by Gasteiger charge is 2.04. The minimum Gasteiger partial charge on any atom is -0.347 e. The summed E-state index contributed by atoms with van der Waals surface area (Å²) in [6.45, 7) is 2.15. The predicted molar refractivity (Wildman–Crippen MR) is 112 cm³/mol. The largest absolute Gasteiger partial charge is 0.347 e. The van der Waals surface area contributed by atoms with Gasteiger partial charge in [0.15, 0.2) is 0 Å². The average molecular weight is 394 g/mol. The fourth-order valence-electron chi connectivity index (χ4n) is 2.66. The van der Waals surface area contributed by atoms with E-state index in [0.29, 0.717) is 17.0 Å². The van der Waals surface area contributed by atoms with Crippen LogP contribution < -0.4 is 10.7 Å². The molecule has 0 aliphatic heterocycles. The number of halogens is 1. The molecule has 150 valence electrons. The number of benzene rings is 1. The first kappa shape index (κ1) is 23.2. The summed E-state index contributed by atoms with van der Waals surface area (Å²) in [7, 11) is 0. The van der Waals surface area contributed by atoms with Crippen molar-refractivity contribution >= 4 is 29.6 Å². The molecule has 1 aromatic carbocycles. The molecule has 27 heavy (non-hydrogen) atoms. The molecule has 0 aromatic heterocycles. The van der Waals surface area contributed by atoms with E-state index in [1.54, 1.807) is 12.1 Å². The lowest BCUT2D eigenvalue weighted by Crippen LogP contribution is -2.34. The summed E-state index contributed by atoms with van der Waals surface area (Å²) in [6, 6.07) is 7.20. The van der Waals surface area contributed by atoms with E-state index >= 15 is 0 Å². The standard InChI is InChI=1S/C21H32ClN3O2/c1-2-3-4-5-6-7-8-9-10-15-20(26)23-17-21(27)25-24-16-18-13-11-12-14-19(18)22/h11-14,16H,2-10,15,17H2,1H3,(H,23,26)(H,25,27). The first-order valence-corrected chi connectivity index (χ1v) is 10.3. The fraction of sp³-hybridized carbons (Fsp3) is 0.571. The molecule has 0 fully saturated rings. The molecule has 0 aliphatic rings. The molecule has 1 aromatic rings. The van der Waals surface area contributed by atoms with Gasteiger partial charge in [-0.3, -0.25) is 9.59 Å². The van der Waals surface area contributed by atoms with Crippen LogP contribution >= 0.6 is 11.6 Å². The van der Waals surface area contributed by atoms with E-state index in [9.17, 15) is 9.59 Å². The summed E-state index contributed by atoms with van der Waals surface area (Å²) >= 11 is 5.99. The van der Waals surface area contributed by atoms with Crippen LogP contribution in [-0.2, 0) is 9.59 Å². The normalized spacial score (nSPS) is 10.9. The Morgan fingerprint density at radius 3 is 2.26 bits per heavy atom. The molecular weight excluding hydrogens is 362 g/mol. The van der Waals surface area contributed by atoms with E-state index in [4.69, 9.17) is 11.6 Å². The van der Waals surface area contributed by atoms with Crippen LogP contribution in [0.2, 0.25) is 5.02 Å². The maximum absolute atomic E-state index is 11.7. The molecule has 0 aliphatic carbocycles. The number of unbranched alkanes of at least 4 members (excludes halogenated alkanes) is 8. The van der Waals surface area contributed by atoms with Crippen molar-refractivity contribution in [1.82, 2.24) is 10.7 Å². The first-order chi connectivity index (χ1) is 13.1. The van der Waals surface area contributed by atoms with E-state index < -0.39 is 0 Å². The molecule has 0 saturated heterocycles. The van der Waals surface area contributed by atoms with Crippen LogP contribution in [0.1, 0.15) is 76.7 Å². The van der Waals surface area contributed by atoms with Gasteiger partial charge in [0.1, 0.15) is 0 Å². The Balaban J connectivity index is 2.02. The van der Waals surface area contributed by atoms with Crippen LogP contribution in [0.3, 0.4) is 0 Å². The third kappa shape index (κ3) is 12.2. The first-order valence-electron chi connectivity index (χ1n) is 9.96. The monoisotopic (exact) mass is 393 g/mol. The molecule has 0 radical (unpaired) electrons. The number of hydrazone groups is 1. The Bertz CT molecular complexity index is 591. The number of amides is 2. The lowest BCUT2D eigenvalue weighted by Gasteiger charge is -2.05. The van der Waals surface area contributed by atoms with Crippen LogP contribution in [0, 0.1) is 0 Å². The zero-order valence-corrected chi connectivity index (χ0v) is 17.1. The van der Waals surface area contributed by atoms with Crippen molar-refractivity contribution in [2.75, 3.05) is 6.54 Å². The van der Waals surface area contributed by atoms with Gasteiger partial charge in [-0.15, -0.1) is 0 Å². The lowest BCUT2D eigenvalue weighted by atomic mass is 10.1. The van der Waals surface area contributed by atoms with Crippen molar-refractivity contribution < 1.29 is 9.59 Å². The molecule has 6 heteroatoms. The third-order valence-corrected chi connectivity index (χ3v) is 4.60. The predicted octanol–water partition coefficient (Wildman–Crippen LogP) is 4.83. The highest BCUT2D eigenvalue weighted by molar-refractivity contribution is 6.33. The van der Waals surface area contributed by atoms with Crippen LogP contribution in [-0.4, -0.2) is 24.6 Å². The van der Waals surface area contributed by atoms with Gasteiger partial charge in [0, 0.05) is 17.0 Å². The van der Waals surface area contributed by atoms with E-state index in [-0.39, 0.29) is 18.4 Å². The summed E-state index contributed by atoms with van der Waals surface area (Å²) in [5.74, 6) is -0.457. The SMILES string of the molecule is CCCCCCCCCCCC(=O)NCC(=O)NN=Cc1ccccc1Cl. The average Bonchev–Trinajstić information content (AvgIpc) is 2.66. The van der Waals surface area contributed by atoms with Gasteiger partial charge in [-0.25, -0.2) is 5.43 Å². The summed E-state index contributed by atoms with van der Waals surface area (Å²) in [5, 5.41) is 7.02. The molecule has 2 amide bonds. The second kappa shape index (κ2) is 15.2. The zero-order chi connectivity index (χ0) is 19.7. The highest BCUT2D eigenvalue weighted by Crippen LogP contribution is 2.12. The molecule has 0 spiro atoms. The van der Waals surface area contributed by atoms with E-state index in [0.717, 1.165) is 12.8 Å². The Morgan fingerprint density at radius 1 is 0.963 bits per heavy atom. The van der Waals surface area contributed by atoms with Gasteiger partial charge in [-0.05, 0) is 12.5 Å². The van der Waals surface area contributed by atoms with Crippen molar-refractivity contribution in [2.45, 2.75) is 71.1 Å².